The van der Waals surface area contributed by atoms with Gasteiger partial charge in [0.15, 0.2) is 11.5 Å². The number of pyridine rings is 1. The van der Waals surface area contributed by atoms with Crippen LogP contribution < -0.4 is 23.8 Å². The van der Waals surface area contributed by atoms with Crippen molar-refractivity contribution < 1.29 is 34.0 Å². The van der Waals surface area contributed by atoms with Crippen LogP contribution in [0.2, 0.25) is 0 Å². The van der Waals surface area contributed by atoms with Gasteiger partial charge in [0, 0.05) is 55.8 Å². The van der Waals surface area contributed by atoms with Gasteiger partial charge in [0.25, 0.3) is 0 Å². The highest BCUT2D eigenvalue weighted by atomic mass is 16.5. The minimum Gasteiger partial charge on any atom is -0.497 e. The van der Waals surface area contributed by atoms with Crippen molar-refractivity contribution in [3.8, 4) is 23.4 Å². The zero-order valence-corrected chi connectivity index (χ0v) is 33.3. The highest BCUT2D eigenvalue weighted by Crippen LogP contribution is 2.35. The number of likely N-dealkylation sites (tertiary alicyclic amines) is 1. The lowest BCUT2D eigenvalue weighted by Gasteiger charge is -2.44. The molecule has 0 spiro atoms. The Bertz CT molecular complexity index is 2030. The molecule has 2 aromatic carbocycles. The number of unbranched alkanes of at least 4 members (excludes halogenated alkanes) is 1. The monoisotopic (exact) mass is 767 g/mol. The number of carboxylic acid groups (broad SMARTS) is 1. The molecule has 2 N–H and O–H groups in total. The zero-order chi connectivity index (χ0) is 40.0. The predicted molar refractivity (Wildman–Crippen MR) is 212 cm³/mol. The van der Waals surface area contributed by atoms with E-state index in [9.17, 15) is 15.0 Å². The first-order chi connectivity index (χ1) is 26.9. The molecule has 0 saturated carbocycles. The van der Waals surface area contributed by atoms with Gasteiger partial charge in [0.05, 0.1) is 32.7 Å². The molecule has 3 atom stereocenters. The van der Waals surface area contributed by atoms with Crippen molar-refractivity contribution in [2.24, 2.45) is 5.41 Å². The fourth-order valence-electron chi connectivity index (χ4n) is 7.02. The summed E-state index contributed by atoms with van der Waals surface area (Å²) in [5.74, 6) is 2.51. The number of amides is 1. The Hall–Kier alpha value is -5.63. The molecule has 1 fully saturated rings. The first-order valence-corrected chi connectivity index (χ1v) is 19.1. The number of benzene rings is 2. The summed E-state index contributed by atoms with van der Waals surface area (Å²) in [5.41, 5.74) is 3.95. The number of anilines is 1. The Morgan fingerprint density at radius 2 is 1.62 bits per heavy atom. The number of aliphatic hydroxyl groups excluding tert-OH is 1. The van der Waals surface area contributed by atoms with Crippen LogP contribution in [-0.2, 0) is 13.1 Å². The Kier molecular flexibility index (Phi) is 12.5. The fraction of sp³-hybridized carbons (Fsp3) is 0.452. The molecule has 1 amide bonds. The van der Waals surface area contributed by atoms with E-state index in [-0.39, 0.29) is 23.6 Å². The van der Waals surface area contributed by atoms with Crippen molar-refractivity contribution >= 4 is 17.6 Å². The molecule has 6 rings (SSSR count). The Labute approximate surface area is 328 Å². The minimum atomic E-state index is -1.14. The Morgan fingerprint density at radius 1 is 0.982 bits per heavy atom. The van der Waals surface area contributed by atoms with Crippen molar-refractivity contribution in [1.82, 2.24) is 29.5 Å². The van der Waals surface area contributed by atoms with E-state index in [1.165, 1.54) is 4.90 Å². The molecule has 5 aromatic rings. The summed E-state index contributed by atoms with van der Waals surface area (Å²) < 4.78 is 24.9. The van der Waals surface area contributed by atoms with Gasteiger partial charge in [0.2, 0.25) is 5.88 Å². The van der Waals surface area contributed by atoms with Crippen molar-refractivity contribution in [3.63, 3.8) is 0 Å². The summed E-state index contributed by atoms with van der Waals surface area (Å²) in [7, 11) is 3.29. The first-order valence-electron chi connectivity index (χ1n) is 19.1. The number of aromatic nitrogens is 5. The third-order valence-electron chi connectivity index (χ3n) is 10.2. The quantitative estimate of drug-likeness (QED) is 0.103. The van der Waals surface area contributed by atoms with E-state index in [0.29, 0.717) is 67.7 Å². The van der Waals surface area contributed by atoms with Crippen molar-refractivity contribution in [2.75, 3.05) is 32.3 Å². The Balaban J connectivity index is 1.32. The highest BCUT2D eigenvalue weighted by molar-refractivity contribution is 5.66. The lowest BCUT2D eigenvalue weighted by atomic mass is 9.80. The van der Waals surface area contributed by atoms with E-state index >= 15 is 0 Å². The van der Waals surface area contributed by atoms with Gasteiger partial charge in [-0.05, 0) is 60.2 Å². The number of imidazole rings is 1. The van der Waals surface area contributed by atoms with E-state index < -0.39 is 12.2 Å². The van der Waals surface area contributed by atoms with Crippen LogP contribution in [0.4, 0.5) is 10.6 Å². The van der Waals surface area contributed by atoms with E-state index in [0.717, 1.165) is 41.0 Å². The van der Waals surface area contributed by atoms with Gasteiger partial charge in [-0.3, -0.25) is 0 Å². The SMILES string of the molecule is CCCCOc1nc(N(Cc2ccc(OC)cc2)Cc2ccc(OC)cc2)c2ncc(C(O)c3cnc(OC4CCN(C(=O)O)C(C(C)(C)C)C4)c(C)c3)n2n1. The van der Waals surface area contributed by atoms with Gasteiger partial charge < -0.3 is 39.0 Å². The number of hydrogen-bond acceptors (Lipinski definition) is 11. The molecule has 0 aliphatic carbocycles. The number of hydrogen-bond donors (Lipinski definition) is 2. The third kappa shape index (κ3) is 9.24. The summed E-state index contributed by atoms with van der Waals surface area (Å²) in [6.07, 6.45) is 3.83. The number of ether oxygens (including phenoxy) is 4. The van der Waals surface area contributed by atoms with E-state index in [4.69, 9.17) is 34.0 Å². The van der Waals surface area contributed by atoms with Gasteiger partial charge in [0.1, 0.15) is 23.7 Å². The van der Waals surface area contributed by atoms with Gasteiger partial charge in [-0.2, -0.15) is 4.98 Å². The topological polar surface area (TPSA) is 157 Å². The molecule has 14 heteroatoms. The summed E-state index contributed by atoms with van der Waals surface area (Å²) in [5, 5.41) is 26.4. The van der Waals surface area contributed by atoms with Crippen molar-refractivity contribution in [2.45, 2.75) is 91.6 Å². The second-order valence-corrected chi connectivity index (χ2v) is 15.3. The van der Waals surface area contributed by atoms with Gasteiger partial charge >= 0.3 is 12.1 Å². The average molecular weight is 768 g/mol. The maximum Gasteiger partial charge on any atom is 0.407 e. The molecule has 3 unspecified atom stereocenters. The number of fused-ring (bicyclic) bond motifs is 1. The standard InChI is InChI=1S/C42H53N7O7/c1-8-9-20-55-40-45-38(47(25-28-10-14-31(53-6)15-11-28)26-29-12-16-32(54-7)17-13-29)37-43-24-34(49(37)46-40)36(50)30-21-27(2)39(44-23-30)56-33-18-19-48(41(51)52)35(22-33)42(3,4)5/h10-17,21,23-24,33,35-36,50H,8-9,18-20,22,25-26H2,1-7H3,(H,51,52). The summed E-state index contributed by atoms with van der Waals surface area (Å²) in [4.78, 5) is 29.9. The lowest BCUT2D eigenvalue weighted by molar-refractivity contribution is 0.0114. The maximum atomic E-state index is 11.9. The van der Waals surface area contributed by atoms with Crippen LogP contribution in [0.5, 0.6) is 23.4 Å². The van der Waals surface area contributed by atoms with Gasteiger partial charge in [-0.15, -0.1) is 5.10 Å². The number of aryl methyl sites for hydroxylation is 1. The minimum absolute atomic E-state index is 0.169. The number of piperidine rings is 1. The van der Waals surface area contributed by atoms with Crippen LogP contribution in [0.25, 0.3) is 5.65 Å². The van der Waals surface area contributed by atoms with E-state index in [1.807, 2.05) is 82.3 Å². The van der Waals surface area contributed by atoms with E-state index in [1.54, 1.807) is 31.1 Å². The molecule has 1 saturated heterocycles. The molecular weight excluding hydrogens is 715 g/mol. The fourth-order valence-corrected chi connectivity index (χ4v) is 7.02. The molecule has 0 radical (unpaired) electrons. The number of aliphatic hydroxyl groups is 1. The van der Waals surface area contributed by atoms with Gasteiger partial charge in [-0.1, -0.05) is 58.4 Å². The van der Waals surface area contributed by atoms with Crippen LogP contribution in [0.1, 0.15) is 87.4 Å². The van der Waals surface area contributed by atoms with E-state index in [2.05, 4.69) is 16.8 Å². The van der Waals surface area contributed by atoms with Gasteiger partial charge in [-0.25, -0.2) is 19.3 Å². The zero-order valence-electron chi connectivity index (χ0n) is 33.3. The average Bonchev–Trinajstić information content (AvgIpc) is 3.62. The highest BCUT2D eigenvalue weighted by Gasteiger charge is 2.39. The summed E-state index contributed by atoms with van der Waals surface area (Å²) in [6.45, 7) is 11.9. The predicted octanol–water partition coefficient (Wildman–Crippen LogP) is 7.25. The molecule has 1 aliphatic heterocycles. The summed E-state index contributed by atoms with van der Waals surface area (Å²) >= 11 is 0. The number of methoxy groups -OCH3 is 2. The molecule has 1 aliphatic rings. The molecule has 56 heavy (non-hydrogen) atoms. The molecular formula is C42H53N7O7. The first kappa shape index (κ1) is 40.0. The number of rotatable bonds is 15. The normalized spacial score (nSPS) is 16.4. The summed E-state index contributed by atoms with van der Waals surface area (Å²) in [6, 6.07) is 17.6. The van der Waals surface area contributed by atoms with Crippen LogP contribution in [0, 0.1) is 12.3 Å². The third-order valence-corrected chi connectivity index (χ3v) is 10.2. The van der Waals surface area contributed by atoms with Crippen LogP contribution >= 0.6 is 0 Å². The van der Waals surface area contributed by atoms with Crippen LogP contribution in [0.15, 0.2) is 67.0 Å². The number of carbonyl (C=O) groups is 1. The second-order valence-electron chi connectivity index (χ2n) is 15.3. The van der Waals surface area contributed by atoms with Crippen molar-refractivity contribution in [1.29, 1.82) is 0 Å². The smallest absolute Gasteiger partial charge is 0.407 e. The largest absolute Gasteiger partial charge is 0.497 e. The molecule has 0 bridgehead atoms. The van der Waals surface area contributed by atoms with Crippen molar-refractivity contribution in [3.05, 3.63) is 94.9 Å². The van der Waals surface area contributed by atoms with Crippen LogP contribution in [0.3, 0.4) is 0 Å². The maximum absolute atomic E-state index is 11.9. The molecule has 3 aromatic heterocycles. The second kappa shape index (κ2) is 17.4. The molecule has 14 nitrogen and oxygen atoms in total. The Morgan fingerprint density at radius 3 is 2.18 bits per heavy atom. The number of nitrogens with zero attached hydrogens (tertiary/aromatic N) is 7. The molecule has 298 valence electrons. The lowest BCUT2D eigenvalue weighted by Crippen LogP contribution is -2.53. The van der Waals surface area contributed by atoms with Crippen LogP contribution in [-0.4, -0.2) is 85.3 Å². The molecule has 4 heterocycles.